The third kappa shape index (κ3) is 3.25. The molecule has 0 radical (unpaired) electrons. The molecule has 0 amide bonds. The van der Waals surface area contributed by atoms with E-state index in [1.54, 1.807) is 18.2 Å². The summed E-state index contributed by atoms with van der Waals surface area (Å²) in [5.74, 6) is -0.424. The molecule has 2 unspecified atom stereocenters. The van der Waals surface area contributed by atoms with Crippen LogP contribution >= 0.6 is 0 Å². The Bertz CT molecular complexity index is 604. The second-order valence-electron chi connectivity index (χ2n) is 5.44. The fourth-order valence-electron chi connectivity index (χ4n) is 2.27. The number of benzene rings is 1. The van der Waals surface area contributed by atoms with Crippen LogP contribution in [-0.2, 0) is 0 Å². The Morgan fingerprint density at radius 3 is 2.75 bits per heavy atom. The molecule has 1 heterocycles. The monoisotopic (exact) mass is 277 g/mol. The summed E-state index contributed by atoms with van der Waals surface area (Å²) < 4.78 is 18.9. The molecule has 0 aliphatic rings. The van der Waals surface area contributed by atoms with E-state index in [1.165, 1.54) is 6.07 Å². The largest absolute Gasteiger partial charge is 0.450 e. The molecule has 108 valence electrons. The molecule has 0 fully saturated rings. The van der Waals surface area contributed by atoms with Crippen molar-refractivity contribution in [2.75, 3.05) is 0 Å². The third-order valence-electron chi connectivity index (χ3n) is 3.48. The summed E-state index contributed by atoms with van der Waals surface area (Å²) in [6, 6.07) is 6.43. The number of carbonyl (C=O) groups excluding carboxylic acids is 1. The summed E-state index contributed by atoms with van der Waals surface area (Å²) >= 11 is 0. The first-order valence-electron chi connectivity index (χ1n) is 6.97. The van der Waals surface area contributed by atoms with Crippen molar-refractivity contribution in [3.63, 3.8) is 0 Å². The highest BCUT2D eigenvalue weighted by Crippen LogP contribution is 2.25. The number of Topliss-reactive ketones (excluding diaryl/α,β-unsaturated/α-hetero) is 1. The lowest BCUT2D eigenvalue weighted by Gasteiger charge is -2.09. The summed E-state index contributed by atoms with van der Waals surface area (Å²) in [5.41, 5.74) is 5.84. The van der Waals surface area contributed by atoms with Crippen molar-refractivity contribution in [3.05, 3.63) is 35.8 Å². The maximum Gasteiger partial charge on any atom is 0.200 e. The van der Waals surface area contributed by atoms with Crippen molar-refractivity contribution < 1.29 is 13.6 Å². The zero-order valence-corrected chi connectivity index (χ0v) is 11.9. The molecule has 1 aromatic heterocycles. The lowest BCUT2D eigenvalue weighted by atomic mass is 9.96. The molecule has 2 N–H and O–H groups in total. The average Bonchev–Trinajstić information content (AvgIpc) is 2.82. The van der Waals surface area contributed by atoms with Gasteiger partial charge in [-0.25, -0.2) is 4.39 Å². The first-order valence-corrected chi connectivity index (χ1v) is 6.97. The number of hydrogen-bond acceptors (Lipinski definition) is 3. The van der Waals surface area contributed by atoms with Gasteiger partial charge in [-0.1, -0.05) is 25.5 Å². The zero-order valence-electron chi connectivity index (χ0n) is 11.9. The van der Waals surface area contributed by atoms with Crippen LogP contribution in [0.25, 0.3) is 11.0 Å². The standard InChI is InChI=1S/C16H20FNO2/c1-10(5-3-6-11(2)18)15(19)14-9-12-7-4-8-13(17)16(12)20-14/h4,7-11H,3,5-6,18H2,1-2H3. The quantitative estimate of drug-likeness (QED) is 0.814. The van der Waals surface area contributed by atoms with Crippen molar-refractivity contribution in [1.29, 1.82) is 0 Å². The average molecular weight is 277 g/mol. The number of ketones is 1. The fraction of sp³-hybridized carbons (Fsp3) is 0.438. The fourth-order valence-corrected chi connectivity index (χ4v) is 2.27. The number of fused-ring (bicyclic) bond motifs is 1. The van der Waals surface area contributed by atoms with E-state index >= 15 is 0 Å². The molecule has 3 nitrogen and oxygen atoms in total. The van der Waals surface area contributed by atoms with Gasteiger partial charge >= 0.3 is 0 Å². The van der Waals surface area contributed by atoms with Gasteiger partial charge in [0.15, 0.2) is 17.2 Å². The molecule has 0 saturated heterocycles. The van der Waals surface area contributed by atoms with Crippen LogP contribution in [0.4, 0.5) is 4.39 Å². The Morgan fingerprint density at radius 2 is 2.10 bits per heavy atom. The number of rotatable bonds is 6. The summed E-state index contributed by atoms with van der Waals surface area (Å²) in [6.07, 6.45) is 2.56. The Morgan fingerprint density at radius 1 is 1.35 bits per heavy atom. The van der Waals surface area contributed by atoms with E-state index in [1.807, 2.05) is 13.8 Å². The lowest BCUT2D eigenvalue weighted by Crippen LogP contribution is -2.16. The van der Waals surface area contributed by atoms with E-state index in [-0.39, 0.29) is 29.1 Å². The van der Waals surface area contributed by atoms with E-state index < -0.39 is 5.82 Å². The Labute approximate surface area is 117 Å². The maximum absolute atomic E-state index is 13.5. The third-order valence-corrected chi connectivity index (χ3v) is 3.48. The molecule has 2 aromatic rings. The van der Waals surface area contributed by atoms with E-state index in [0.29, 0.717) is 5.39 Å². The molecule has 0 aliphatic heterocycles. The molecule has 0 aliphatic carbocycles. The van der Waals surface area contributed by atoms with Crippen LogP contribution in [0.1, 0.15) is 43.7 Å². The van der Waals surface area contributed by atoms with E-state index in [9.17, 15) is 9.18 Å². The summed E-state index contributed by atoms with van der Waals surface area (Å²) in [5, 5.41) is 0.621. The number of hydrogen-bond donors (Lipinski definition) is 1. The van der Waals surface area contributed by atoms with Gasteiger partial charge in [-0.15, -0.1) is 0 Å². The van der Waals surface area contributed by atoms with Gasteiger partial charge in [0, 0.05) is 17.3 Å². The predicted octanol–water partition coefficient (Wildman–Crippen LogP) is 3.91. The second-order valence-corrected chi connectivity index (χ2v) is 5.44. The molecule has 4 heteroatoms. The van der Waals surface area contributed by atoms with Crippen LogP contribution in [-0.4, -0.2) is 11.8 Å². The Kier molecular flexibility index (Phi) is 4.55. The van der Waals surface area contributed by atoms with Crippen molar-refractivity contribution in [2.24, 2.45) is 11.7 Å². The van der Waals surface area contributed by atoms with E-state index in [0.717, 1.165) is 19.3 Å². The number of para-hydroxylation sites is 1. The molecular weight excluding hydrogens is 257 g/mol. The second kappa shape index (κ2) is 6.18. The van der Waals surface area contributed by atoms with Gasteiger partial charge in [-0.3, -0.25) is 4.79 Å². The maximum atomic E-state index is 13.5. The number of furan rings is 1. The van der Waals surface area contributed by atoms with Gasteiger partial charge in [0.05, 0.1) is 0 Å². The normalized spacial score (nSPS) is 14.4. The van der Waals surface area contributed by atoms with Crippen LogP contribution in [0.15, 0.2) is 28.7 Å². The Balaban J connectivity index is 2.09. The van der Waals surface area contributed by atoms with Gasteiger partial charge in [-0.2, -0.15) is 0 Å². The van der Waals surface area contributed by atoms with Crippen LogP contribution in [0.3, 0.4) is 0 Å². The molecule has 2 atom stereocenters. The molecule has 0 spiro atoms. The van der Waals surface area contributed by atoms with Gasteiger partial charge in [0.1, 0.15) is 0 Å². The van der Waals surface area contributed by atoms with Crippen molar-refractivity contribution in [3.8, 4) is 0 Å². The molecule has 1 aromatic carbocycles. The van der Waals surface area contributed by atoms with E-state index in [4.69, 9.17) is 10.2 Å². The molecule has 2 rings (SSSR count). The predicted molar refractivity (Wildman–Crippen MR) is 77.2 cm³/mol. The minimum absolute atomic E-state index is 0.0784. The van der Waals surface area contributed by atoms with Crippen LogP contribution < -0.4 is 5.73 Å². The van der Waals surface area contributed by atoms with E-state index in [2.05, 4.69) is 0 Å². The number of nitrogens with two attached hydrogens (primary N) is 1. The van der Waals surface area contributed by atoms with Gasteiger partial charge in [0.2, 0.25) is 5.78 Å². The first kappa shape index (κ1) is 14.7. The molecule has 0 saturated carbocycles. The highest BCUT2D eigenvalue weighted by atomic mass is 19.1. The van der Waals surface area contributed by atoms with Crippen LogP contribution in [0, 0.1) is 11.7 Å². The summed E-state index contributed by atoms with van der Waals surface area (Å²) in [6.45, 7) is 3.82. The van der Waals surface area contributed by atoms with Gasteiger partial charge in [0.25, 0.3) is 0 Å². The van der Waals surface area contributed by atoms with Crippen LogP contribution in [0.2, 0.25) is 0 Å². The zero-order chi connectivity index (χ0) is 14.7. The summed E-state index contributed by atoms with van der Waals surface area (Å²) in [4.78, 5) is 12.3. The SMILES string of the molecule is CC(N)CCCC(C)C(=O)c1cc2cccc(F)c2o1. The highest BCUT2D eigenvalue weighted by molar-refractivity contribution is 5.98. The van der Waals surface area contributed by atoms with Crippen LogP contribution in [0.5, 0.6) is 0 Å². The molecular formula is C16H20FNO2. The van der Waals surface area contributed by atoms with Gasteiger partial charge in [-0.05, 0) is 31.9 Å². The minimum Gasteiger partial charge on any atom is -0.450 e. The van der Waals surface area contributed by atoms with Crippen molar-refractivity contribution >= 4 is 16.8 Å². The minimum atomic E-state index is -0.439. The lowest BCUT2D eigenvalue weighted by molar-refractivity contribution is 0.0895. The topological polar surface area (TPSA) is 56.2 Å². The molecule has 0 bridgehead atoms. The number of halogens is 1. The Hall–Kier alpha value is -1.68. The smallest absolute Gasteiger partial charge is 0.200 e. The van der Waals surface area contributed by atoms with Crippen molar-refractivity contribution in [1.82, 2.24) is 0 Å². The van der Waals surface area contributed by atoms with Gasteiger partial charge < -0.3 is 10.2 Å². The first-order chi connectivity index (χ1) is 9.49. The highest BCUT2D eigenvalue weighted by Gasteiger charge is 2.20. The molecule has 20 heavy (non-hydrogen) atoms. The summed E-state index contributed by atoms with van der Waals surface area (Å²) in [7, 11) is 0. The number of carbonyl (C=O) groups is 1. The van der Waals surface area contributed by atoms with Crippen molar-refractivity contribution in [2.45, 2.75) is 39.2 Å².